The topological polar surface area (TPSA) is 133 Å². The van der Waals surface area contributed by atoms with E-state index in [1.165, 1.54) is 0 Å². The lowest BCUT2D eigenvalue weighted by molar-refractivity contribution is -0.431. The number of nitrogens with one attached hydrogen (secondary N) is 1. The molecular weight excluding hydrogens is 692 g/mol. The van der Waals surface area contributed by atoms with Gasteiger partial charge in [0.25, 0.3) is 0 Å². The molecule has 2 atom stereocenters. The van der Waals surface area contributed by atoms with E-state index in [0.29, 0.717) is 30.1 Å². The molecule has 48 heavy (non-hydrogen) atoms. The Morgan fingerprint density at radius 3 is 2.50 bits per heavy atom. The molecule has 0 aromatic heterocycles. The van der Waals surface area contributed by atoms with Crippen LogP contribution >= 0.6 is 23.8 Å². The minimum atomic E-state index is -4.40. The second-order valence-electron chi connectivity index (χ2n) is 13.3. The van der Waals surface area contributed by atoms with Gasteiger partial charge in [-0.1, -0.05) is 29.8 Å². The predicted octanol–water partition coefficient (Wildman–Crippen LogP) is 6.22. The van der Waals surface area contributed by atoms with Gasteiger partial charge in [-0.05, 0) is 70.3 Å². The zero-order chi connectivity index (χ0) is 35.3. The third-order valence-corrected chi connectivity index (χ3v) is 12.5. The number of thiocarbonyl (C=S) groups is 1. The number of carbonyl (C=O) groups excluding carboxylic acids is 1. The summed E-state index contributed by atoms with van der Waals surface area (Å²) >= 11 is 11.2. The average Bonchev–Trinajstić information content (AvgIpc) is 3.56. The van der Waals surface area contributed by atoms with Crippen molar-refractivity contribution in [3.63, 3.8) is 0 Å². The van der Waals surface area contributed by atoms with Gasteiger partial charge in [-0.15, -0.1) is 0 Å². The van der Waals surface area contributed by atoms with Crippen LogP contribution in [0.4, 0.5) is 17.1 Å². The second kappa shape index (κ2) is 12.9. The van der Waals surface area contributed by atoms with E-state index in [4.69, 9.17) is 23.8 Å². The molecule has 2 unspecified atom stereocenters. The van der Waals surface area contributed by atoms with E-state index < -0.39 is 42.3 Å². The molecule has 2 aromatic carbocycles. The Hall–Kier alpha value is -3.29. The number of allylic oxidation sites excluding steroid dienone is 6. The van der Waals surface area contributed by atoms with Crippen LogP contribution in [0.1, 0.15) is 58.6 Å². The molecule has 1 spiro atoms. The summed E-state index contributed by atoms with van der Waals surface area (Å²) in [6, 6.07) is 11.1. The summed E-state index contributed by atoms with van der Waals surface area (Å²) in [4.78, 5) is 15.6. The van der Waals surface area contributed by atoms with Gasteiger partial charge in [0.05, 0.1) is 28.2 Å². The lowest BCUT2D eigenvalue weighted by Crippen LogP contribution is -2.55. The van der Waals surface area contributed by atoms with Gasteiger partial charge >= 0.3 is 10.1 Å². The molecule has 14 heteroatoms. The summed E-state index contributed by atoms with van der Waals surface area (Å²) in [5.74, 6) is -0.947. The average molecular weight is 731 g/mol. The third kappa shape index (κ3) is 6.40. The molecule has 3 aliphatic heterocycles. The van der Waals surface area contributed by atoms with Crippen molar-refractivity contribution in [2.75, 3.05) is 18.8 Å². The zero-order valence-corrected chi connectivity index (χ0v) is 30.6. The van der Waals surface area contributed by atoms with E-state index in [9.17, 15) is 26.2 Å². The highest BCUT2D eigenvalue weighted by Crippen LogP contribution is 2.57. The lowest BCUT2D eigenvalue weighted by Gasteiger charge is -2.37. The molecule has 1 saturated heterocycles. The summed E-state index contributed by atoms with van der Waals surface area (Å²) in [7, 11) is -8.25. The Labute approximate surface area is 292 Å². The van der Waals surface area contributed by atoms with Gasteiger partial charge in [-0.25, -0.2) is 12.9 Å². The molecule has 10 nitrogen and oxygen atoms in total. The number of amides is 1. The highest BCUT2D eigenvalue weighted by molar-refractivity contribution is 7.90. The minimum absolute atomic E-state index is 0.00777. The monoisotopic (exact) mass is 730 g/mol. The van der Waals surface area contributed by atoms with Crippen LogP contribution in [0, 0.1) is 0 Å². The van der Waals surface area contributed by atoms with Gasteiger partial charge in [-0.3, -0.25) is 14.1 Å². The van der Waals surface area contributed by atoms with E-state index >= 15 is 0 Å². The van der Waals surface area contributed by atoms with E-state index in [-0.39, 0.29) is 16.8 Å². The highest BCUT2D eigenvalue weighted by atomic mass is 35.5. The second-order valence-corrected chi connectivity index (χ2v) is 17.4. The number of isothiocyanates is 1. The van der Waals surface area contributed by atoms with Crippen LogP contribution in [0.2, 0.25) is 5.02 Å². The molecule has 0 aliphatic carbocycles. The predicted molar refractivity (Wildman–Crippen MR) is 194 cm³/mol. The van der Waals surface area contributed by atoms with Crippen molar-refractivity contribution < 1.29 is 30.8 Å². The molecular formula is C34H39ClN4O6S3+2. The summed E-state index contributed by atoms with van der Waals surface area (Å²) in [6.45, 7) is 9.91. The molecule has 0 saturated carbocycles. The van der Waals surface area contributed by atoms with E-state index in [0.717, 1.165) is 40.8 Å². The van der Waals surface area contributed by atoms with E-state index in [1.807, 2.05) is 91.6 Å². The number of fused-ring (bicyclic) bond motifs is 3. The number of quaternary nitrogens is 1. The molecule has 0 bridgehead atoms. The number of halogens is 1. The van der Waals surface area contributed by atoms with Gasteiger partial charge in [0.2, 0.25) is 27.0 Å². The van der Waals surface area contributed by atoms with Crippen molar-refractivity contribution in [3.8, 4) is 0 Å². The molecule has 5 rings (SSSR count). The Balaban J connectivity index is 1.55. The molecule has 0 radical (unpaired) electrons. The first kappa shape index (κ1) is 36.0. The molecule has 1 fully saturated rings. The van der Waals surface area contributed by atoms with Crippen LogP contribution in [0.5, 0.6) is 0 Å². The number of sulfonamides is 1. The first-order valence-corrected chi connectivity index (χ1v) is 19.4. The third-order valence-electron chi connectivity index (χ3n) is 9.59. The van der Waals surface area contributed by atoms with Crippen LogP contribution in [-0.2, 0) is 35.8 Å². The van der Waals surface area contributed by atoms with Crippen molar-refractivity contribution in [2.45, 2.75) is 63.7 Å². The summed E-state index contributed by atoms with van der Waals surface area (Å²) in [6.07, 6.45) is 10.3. The van der Waals surface area contributed by atoms with Crippen molar-refractivity contribution >= 4 is 77.8 Å². The van der Waals surface area contributed by atoms with Crippen LogP contribution in [0.15, 0.2) is 77.5 Å². The summed E-state index contributed by atoms with van der Waals surface area (Å²) in [5.41, 5.74) is 4.63. The molecule has 3 heterocycles. The van der Waals surface area contributed by atoms with E-state index in [2.05, 4.69) is 10.2 Å². The first-order valence-electron chi connectivity index (χ1n) is 15.5. The smallest absolute Gasteiger partial charge is 0.281 e. The van der Waals surface area contributed by atoms with Crippen LogP contribution in [0.3, 0.4) is 0 Å². The first-order chi connectivity index (χ1) is 22.4. The Morgan fingerprint density at radius 1 is 1.10 bits per heavy atom. The fraction of sp³-hybridized carbons (Fsp3) is 0.382. The van der Waals surface area contributed by atoms with Crippen molar-refractivity contribution in [1.29, 1.82) is 0 Å². The van der Waals surface area contributed by atoms with Gasteiger partial charge in [0.1, 0.15) is 17.1 Å². The molecule has 2 aromatic rings. The number of carbonyl (C=O) groups is 1. The normalized spacial score (nSPS) is 23.6. The summed E-state index contributed by atoms with van der Waals surface area (Å²) < 4.78 is 65.0. The quantitative estimate of drug-likeness (QED) is 0.0782. The number of aliphatic imine (C=N–C) groups is 1. The highest BCUT2D eigenvalue weighted by Gasteiger charge is 2.62. The Morgan fingerprint density at radius 2 is 1.83 bits per heavy atom. The molecule has 254 valence electrons. The number of nitrogens with zero attached hydrogens (tertiary/aromatic N) is 3. The van der Waals surface area contributed by atoms with Gasteiger partial charge in [0, 0.05) is 54.1 Å². The minimum Gasteiger partial charge on any atom is -0.281 e. The molecule has 2 N–H and O–H groups in total. The van der Waals surface area contributed by atoms with Gasteiger partial charge in [-0.2, -0.15) is 18.0 Å². The van der Waals surface area contributed by atoms with Crippen LogP contribution in [0.25, 0.3) is 0 Å². The lowest BCUT2D eigenvalue weighted by atomic mass is 9.81. The SMILES string of the molecule is CC(=O)NS(=O)(=O)CC[N+]1=C(C=CC=CC=C2C(C)(C)c3cc(N=C=S)ccc3[N+]23CCCC3S(=O)(=O)O)C(C)(C)c2cc(Cl)ccc21. The maximum absolute atomic E-state index is 12.8. The van der Waals surface area contributed by atoms with Gasteiger partial charge < -0.3 is 0 Å². The fourth-order valence-corrected chi connectivity index (χ4v) is 10.1. The van der Waals surface area contributed by atoms with Crippen molar-refractivity contribution in [3.05, 3.63) is 88.6 Å². The summed E-state index contributed by atoms with van der Waals surface area (Å²) in [5, 5.41) is 1.91. The van der Waals surface area contributed by atoms with Gasteiger partial charge in [0.15, 0.2) is 12.3 Å². The van der Waals surface area contributed by atoms with Crippen molar-refractivity contribution in [1.82, 2.24) is 9.21 Å². The standard InChI is InChI=1S/C34H37ClN4O6S3/c1-23(40)37-47(41,42)19-17-38-28-15-13-24(35)20-26(28)33(2,3)30(38)10-7-6-8-11-31-34(4,5)27-21-25(36-22-46)14-16-29(27)39(31)18-9-12-32(39)48(43,44)45/h6-8,10-11,13-16,20-21,32H,9,12,17-19H2,1-5H3/p+2. The Kier molecular flexibility index (Phi) is 9.65. The van der Waals surface area contributed by atoms with Crippen molar-refractivity contribution in [2.24, 2.45) is 4.99 Å². The number of hydrogen-bond donors (Lipinski definition) is 2. The number of hydrogen-bond acceptors (Lipinski definition) is 7. The fourth-order valence-electron chi connectivity index (χ4n) is 7.64. The van der Waals surface area contributed by atoms with Crippen LogP contribution < -0.4 is 9.21 Å². The Bertz CT molecular complexity index is 2100. The number of rotatable bonds is 9. The maximum Gasteiger partial charge on any atom is 0.320 e. The van der Waals surface area contributed by atoms with E-state index in [1.54, 1.807) is 12.1 Å². The number of benzene rings is 2. The van der Waals surface area contributed by atoms with Crippen LogP contribution in [-0.4, -0.2) is 67.0 Å². The molecule has 3 aliphatic rings. The largest absolute Gasteiger partial charge is 0.320 e. The maximum atomic E-state index is 12.8. The zero-order valence-electron chi connectivity index (χ0n) is 27.4. The molecule has 1 amide bonds.